The van der Waals surface area contributed by atoms with Gasteiger partial charge in [0.15, 0.2) is 0 Å². The number of amides is 1. The lowest BCUT2D eigenvalue weighted by Crippen LogP contribution is -2.36. The molecule has 0 aliphatic carbocycles. The van der Waals surface area contributed by atoms with Crippen molar-refractivity contribution in [3.63, 3.8) is 0 Å². The lowest BCUT2D eigenvalue weighted by Gasteiger charge is -2.20. The van der Waals surface area contributed by atoms with Crippen molar-refractivity contribution in [3.8, 4) is 0 Å². The highest BCUT2D eigenvalue weighted by molar-refractivity contribution is 9.11. The fourth-order valence-electron chi connectivity index (χ4n) is 1.35. The van der Waals surface area contributed by atoms with Crippen LogP contribution in [0.3, 0.4) is 0 Å². The predicted octanol–water partition coefficient (Wildman–Crippen LogP) is 3.86. The van der Waals surface area contributed by atoms with Gasteiger partial charge in [0, 0.05) is 27.5 Å². The maximum absolute atomic E-state index is 11.8. The van der Waals surface area contributed by atoms with Crippen LogP contribution in [-0.4, -0.2) is 30.9 Å². The second-order valence-electron chi connectivity index (χ2n) is 3.84. The molecule has 0 aliphatic rings. The lowest BCUT2D eigenvalue weighted by atomic mass is 10.2. The Hall–Kier alpha value is -0.0700. The molecule has 1 aromatic carbocycles. The standard InChI is InChI=1S/C11H13Br3N2O/c1-6(11(17)16(2)3)15-10-8(13)4-7(12)5-9(10)14/h4-6,15H,1-3H3. The minimum Gasteiger partial charge on any atom is -0.372 e. The summed E-state index contributed by atoms with van der Waals surface area (Å²) in [5, 5.41) is 3.18. The zero-order valence-corrected chi connectivity index (χ0v) is 14.5. The van der Waals surface area contributed by atoms with Gasteiger partial charge in [-0.2, -0.15) is 0 Å². The predicted molar refractivity (Wildman–Crippen MR) is 81.3 cm³/mol. The molecule has 17 heavy (non-hydrogen) atoms. The number of carbonyl (C=O) groups excluding carboxylic acids is 1. The smallest absolute Gasteiger partial charge is 0.244 e. The van der Waals surface area contributed by atoms with E-state index in [0.717, 1.165) is 19.1 Å². The Bertz CT molecular complexity index is 412. The van der Waals surface area contributed by atoms with E-state index in [1.807, 2.05) is 19.1 Å². The van der Waals surface area contributed by atoms with Crippen molar-refractivity contribution in [2.75, 3.05) is 19.4 Å². The number of likely N-dealkylation sites (N-methyl/N-ethyl adjacent to an activating group) is 1. The molecule has 0 saturated carbocycles. The van der Waals surface area contributed by atoms with Gasteiger partial charge in [0.2, 0.25) is 5.91 Å². The number of carbonyl (C=O) groups is 1. The van der Waals surface area contributed by atoms with Crippen LogP contribution in [-0.2, 0) is 4.79 Å². The molecule has 0 aliphatic heterocycles. The Morgan fingerprint density at radius 2 is 1.71 bits per heavy atom. The molecular weight excluding hydrogens is 416 g/mol. The molecule has 1 N–H and O–H groups in total. The van der Waals surface area contributed by atoms with Gasteiger partial charge in [-0.1, -0.05) is 15.9 Å². The van der Waals surface area contributed by atoms with Crippen LogP contribution in [0.25, 0.3) is 0 Å². The molecule has 0 bridgehead atoms. The summed E-state index contributed by atoms with van der Waals surface area (Å²) in [5.74, 6) is 0.0340. The maximum atomic E-state index is 11.8. The monoisotopic (exact) mass is 426 g/mol. The van der Waals surface area contributed by atoms with Gasteiger partial charge in [0.1, 0.15) is 6.04 Å². The van der Waals surface area contributed by atoms with Crippen molar-refractivity contribution in [3.05, 3.63) is 25.6 Å². The number of hydrogen-bond donors (Lipinski definition) is 1. The van der Waals surface area contributed by atoms with Crippen molar-refractivity contribution < 1.29 is 4.79 Å². The van der Waals surface area contributed by atoms with Crippen LogP contribution >= 0.6 is 47.8 Å². The van der Waals surface area contributed by atoms with E-state index in [9.17, 15) is 4.79 Å². The highest BCUT2D eigenvalue weighted by Gasteiger charge is 2.17. The molecule has 1 amide bonds. The summed E-state index contributed by atoms with van der Waals surface area (Å²) in [6.07, 6.45) is 0. The van der Waals surface area contributed by atoms with E-state index in [2.05, 4.69) is 53.1 Å². The number of nitrogens with zero attached hydrogens (tertiary/aromatic N) is 1. The number of anilines is 1. The second-order valence-corrected chi connectivity index (χ2v) is 6.47. The van der Waals surface area contributed by atoms with Gasteiger partial charge in [-0.3, -0.25) is 4.79 Å². The molecule has 94 valence electrons. The van der Waals surface area contributed by atoms with Crippen LogP contribution in [0.4, 0.5) is 5.69 Å². The summed E-state index contributed by atoms with van der Waals surface area (Å²) < 4.78 is 2.77. The van der Waals surface area contributed by atoms with Gasteiger partial charge in [0.05, 0.1) is 5.69 Å². The first-order chi connectivity index (χ1) is 7.82. The van der Waals surface area contributed by atoms with Crippen molar-refractivity contribution in [1.29, 1.82) is 0 Å². The summed E-state index contributed by atoms with van der Waals surface area (Å²) in [4.78, 5) is 13.3. The van der Waals surface area contributed by atoms with E-state index >= 15 is 0 Å². The zero-order valence-electron chi connectivity index (χ0n) is 9.72. The molecule has 0 heterocycles. The summed E-state index contributed by atoms with van der Waals surface area (Å²) >= 11 is 10.3. The maximum Gasteiger partial charge on any atom is 0.244 e. The van der Waals surface area contributed by atoms with Crippen molar-refractivity contribution >= 4 is 59.4 Å². The van der Waals surface area contributed by atoms with Crippen LogP contribution in [0.15, 0.2) is 25.6 Å². The molecule has 1 atom stereocenters. The Labute approximate surface area is 126 Å². The molecule has 1 aromatic rings. The lowest BCUT2D eigenvalue weighted by molar-refractivity contribution is -0.129. The van der Waals surface area contributed by atoms with Crippen LogP contribution in [0.1, 0.15) is 6.92 Å². The Morgan fingerprint density at radius 1 is 1.24 bits per heavy atom. The van der Waals surface area contributed by atoms with Gasteiger partial charge in [0.25, 0.3) is 0 Å². The van der Waals surface area contributed by atoms with Crippen molar-refractivity contribution in [2.45, 2.75) is 13.0 Å². The minimum atomic E-state index is -0.279. The first-order valence-corrected chi connectivity index (χ1v) is 7.33. The van der Waals surface area contributed by atoms with Crippen LogP contribution in [0.5, 0.6) is 0 Å². The molecule has 0 fully saturated rings. The average Bonchev–Trinajstić information content (AvgIpc) is 2.21. The molecule has 0 aromatic heterocycles. The molecule has 1 rings (SSSR count). The SMILES string of the molecule is CC(Nc1c(Br)cc(Br)cc1Br)C(=O)N(C)C. The van der Waals surface area contributed by atoms with Crippen molar-refractivity contribution in [2.24, 2.45) is 0 Å². The van der Waals surface area contributed by atoms with E-state index in [-0.39, 0.29) is 11.9 Å². The zero-order chi connectivity index (χ0) is 13.2. The highest BCUT2D eigenvalue weighted by Crippen LogP contribution is 2.34. The number of benzene rings is 1. The molecule has 0 radical (unpaired) electrons. The third kappa shape index (κ3) is 3.96. The molecule has 6 heteroatoms. The minimum absolute atomic E-state index is 0.0340. The van der Waals surface area contributed by atoms with E-state index in [4.69, 9.17) is 0 Å². The first kappa shape index (κ1) is 15.0. The third-order valence-corrected chi connectivity index (χ3v) is 3.89. The second kappa shape index (κ2) is 6.20. The molecule has 0 saturated heterocycles. The van der Waals surface area contributed by atoms with E-state index < -0.39 is 0 Å². The molecule has 3 nitrogen and oxygen atoms in total. The fraction of sp³-hybridized carbons (Fsp3) is 0.364. The van der Waals surface area contributed by atoms with E-state index in [0.29, 0.717) is 0 Å². The summed E-state index contributed by atoms with van der Waals surface area (Å²) in [6.45, 7) is 1.84. The quantitative estimate of drug-likeness (QED) is 0.792. The van der Waals surface area contributed by atoms with Crippen molar-refractivity contribution in [1.82, 2.24) is 4.90 Å². The first-order valence-electron chi connectivity index (χ1n) is 4.95. The molecular formula is C11H13Br3N2O. The van der Waals surface area contributed by atoms with E-state index in [1.165, 1.54) is 0 Å². The number of hydrogen-bond acceptors (Lipinski definition) is 2. The number of rotatable bonds is 3. The van der Waals surface area contributed by atoms with Gasteiger partial charge in [-0.15, -0.1) is 0 Å². The molecule has 1 unspecified atom stereocenters. The highest BCUT2D eigenvalue weighted by atomic mass is 79.9. The number of nitrogens with one attached hydrogen (secondary N) is 1. The third-order valence-electron chi connectivity index (χ3n) is 2.18. The average molecular weight is 429 g/mol. The Morgan fingerprint density at radius 3 is 2.12 bits per heavy atom. The van der Waals surface area contributed by atoms with Crippen LogP contribution < -0.4 is 5.32 Å². The largest absolute Gasteiger partial charge is 0.372 e. The van der Waals surface area contributed by atoms with Gasteiger partial charge in [-0.25, -0.2) is 0 Å². The van der Waals surface area contributed by atoms with E-state index in [1.54, 1.807) is 19.0 Å². The van der Waals surface area contributed by atoms with Crippen LogP contribution in [0, 0.1) is 0 Å². The van der Waals surface area contributed by atoms with Gasteiger partial charge < -0.3 is 10.2 Å². The topological polar surface area (TPSA) is 32.3 Å². The van der Waals surface area contributed by atoms with Gasteiger partial charge in [-0.05, 0) is 50.9 Å². The Balaban J connectivity index is 2.92. The van der Waals surface area contributed by atoms with Gasteiger partial charge >= 0.3 is 0 Å². The van der Waals surface area contributed by atoms with Crippen LogP contribution in [0.2, 0.25) is 0 Å². The fourth-order valence-corrected chi connectivity index (χ4v) is 3.83. The molecule has 0 spiro atoms. The summed E-state index contributed by atoms with van der Waals surface area (Å²) in [6, 6.07) is 3.58. The normalized spacial score (nSPS) is 12.1. The number of halogens is 3. The Kier molecular flexibility index (Phi) is 5.47. The summed E-state index contributed by atoms with van der Waals surface area (Å²) in [5.41, 5.74) is 0.871. The summed E-state index contributed by atoms with van der Waals surface area (Å²) in [7, 11) is 3.48.